The average Bonchev–Trinajstić information content (AvgIpc) is 3.12. The first-order valence-electron chi connectivity index (χ1n) is 7.88. The van der Waals surface area contributed by atoms with Crippen molar-refractivity contribution in [1.82, 2.24) is 15.1 Å². The Morgan fingerprint density at radius 2 is 2.12 bits per heavy atom. The molecule has 0 unspecified atom stereocenters. The summed E-state index contributed by atoms with van der Waals surface area (Å²) in [6.07, 6.45) is 4.99. The van der Waals surface area contributed by atoms with E-state index in [1.165, 1.54) is 0 Å². The van der Waals surface area contributed by atoms with Gasteiger partial charge in [-0.05, 0) is 24.1 Å². The summed E-state index contributed by atoms with van der Waals surface area (Å²) in [5.41, 5.74) is 1.64. The summed E-state index contributed by atoms with van der Waals surface area (Å²) in [6.45, 7) is 4.27. The van der Waals surface area contributed by atoms with Crippen LogP contribution in [0.15, 0.2) is 53.4 Å². The third-order valence-electron chi connectivity index (χ3n) is 3.46. The standard InChI is InChI=1S/C18H18N4O3/c1-12(2)14-9-16(25-22-14)18(23)21-17-15(6-4-8-20-17)24-11-13-5-3-7-19-10-13/h3-10,12H,11H2,1-2H3,(H,20,21,23). The van der Waals surface area contributed by atoms with Crippen LogP contribution >= 0.6 is 0 Å². The number of nitrogens with zero attached hydrogens (tertiary/aromatic N) is 3. The van der Waals surface area contributed by atoms with Crippen molar-refractivity contribution < 1.29 is 14.1 Å². The molecule has 1 N–H and O–H groups in total. The fourth-order valence-corrected chi connectivity index (χ4v) is 2.08. The molecule has 1 amide bonds. The van der Waals surface area contributed by atoms with E-state index in [-0.39, 0.29) is 11.7 Å². The monoisotopic (exact) mass is 338 g/mol. The van der Waals surface area contributed by atoms with Gasteiger partial charge in [0.05, 0.1) is 5.69 Å². The molecule has 0 spiro atoms. The third-order valence-corrected chi connectivity index (χ3v) is 3.46. The molecule has 0 saturated heterocycles. The Morgan fingerprint density at radius 3 is 2.84 bits per heavy atom. The predicted octanol–water partition coefficient (Wildman–Crippen LogP) is 3.42. The Kier molecular flexibility index (Phi) is 5.03. The first kappa shape index (κ1) is 16.6. The fraction of sp³-hybridized carbons (Fsp3) is 0.222. The molecule has 0 saturated carbocycles. The summed E-state index contributed by atoms with van der Waals surface area (Å²) in [6, 6.07) is 8.84. The van der Waals surface area contributed by atoms with Gasteiger partial charge in [-0.2, -0.15) is 0 Å². The maximum atomic E-state index is 12.3. The van der Waals surface area contributed by atoms with E-state index in [1.54, 1.807) is 36.8 Å². The first-order valence-corrected chi connectivity index (χ1v) is 7.88. The smallest absolute Gasteiger partial charge is 0.295 e. The number of amides is 1. The summed E-state index contributed by atoms with van der Waals surface area (Å²) in [4.78, 5) is 20.5. The van der Waals surface area contributed by atoms with Gasteiger partial charge < -0.3 is 14.6 Å². The molecule has 0 aromatic carbocycles. The SMILES string of the molecule is CC(C)c1cc(C(=O)Nc2ncccc2OCc2cccnc2)on1. The molecular formula is C18H18N4O3. The second-order valence-electron chi connectivity index (χ2n) is 5.72. The van der Waals surface area contributed by atoms with Gasteiger partial charge in [0.2, 0.25) is 5.76 Å². The number of hydrogen-bond acceptors (Lipinski definition) is 6. The lowest BCUT2D eigenvalue weighted by Gasteiger charge is -2.10. The number of anilines is 1. The largest absolute Gasteiger partial charge is 0.485 e. The van der Waals surface area contributed by atoms with Gasteiger partial charge in [-0.1, -0.05) is 25.1 Å². The van der Waals surface area contributed by atoms with Crippen LogP contribution in [0.1, 0.15) is 41.6 Å². The van der Waals surface area contributed by atoms with Crippen LogP contribution in [0.2, 0.25) is 0 Å². The van der Waals surface area contributed by atoms with Gasteiger partial charge in [0.25, 0.3) is 5.91 Å². The Balaban J connectivity index is 1.70. The van der Waals surface area contributed by atoms with Gasteiger partial charge in [0.1, 0.15) is 6.61 Å². The van der Waals surface area contributed by atoms with Crippen LogP contribution in [0.5, 0.6) is 5.75 Å². The number of carbonyl (C=O) groups is 1. The number of carbonyl (C=O) groups excluding carboxylic acids is 1. The lowest BCUT2D eigenvalue weighted by atomic mass is 10.1. The highest BCUT2D eigenvalue weighted by Crippen LogP contribution is 2.23. The molecule has 0 atom stereocenters. The van der Waals surface area contributed by atoms with Crippen LogP contribution in [-0.4, -0.2) is 21.0 Å². The maximum Gasteiger partial charge on any atom is 0.295 e. The van der Waals surface area contributed by atoms with Crippen LogP contribution in [0.4, 0.5) is 5.82 Å². The van der Waals surface area contributed by atoms with E-state index < -0.39 is 5.91 Å². The minimum absolute atomic E-state index is 0.132. The van der Waals surface area contributed by atoms with Gasteiger partial charge in [-0.25, -0.2) is 4.98 Å². The number of nitrogens with one attached hydrogen (secondary N) is 1. The van der Waals surface area contributed by atoms with Gasteiger partial charge in [-0.15, -0.1) is 0 Å². The Labute approximate surface area is 145 Å². The Bertz CT molecular complexity index is 846. The van der Waals surface area contributed by atoms with E-state index in [0.717, 1.165) is 11.3 Å². The molecule has 3 rings (SSSR count). The highest BCUT2D eigenvalue weighted by molar-refractivity contribution is 6.02. The van der Waals surface area contributed by atoms with E-state index >= 15 is 0 Å². The van der Waals surface area contributed by atoms with Crippen LogP contribution in [0.25, 0.3) is 0 Å². The van der Waals surface area contributed by atoms with Gasteiger partial charge in [0.15, 0.2) is 11.6 Å². The molecule has 0 bridgehead atoms. The molecule has 0 aliphatic rings. The van der Waals surface area contributed by atoms with Crippen molar-refractivity contribution in [3.05, 3.63) is 65.9 Å². The molecule has 3 aromatic rings. The summed E-state index contributed by atoms with van der Waals surface area (Å²) in [7, 11) is 0. The van der Waals surface area contributed by atoms with Crippen LogP contribution in [-0.2, 0) is 6.61 Å². The second kappa shape index (κ2) is 7.57. The number of aromatic nitrogens is 3. The summed E-state index contributed by atoms with van der Waals surface area (Å²) >= 11 is 0. The van der Waals surface area contributed by atoms with Crippen LogP contribution in [0, 0.1) is 0 Å². The van der Waals surface area contributed by atoms with Gasteiger partial charge in [-0.3, -0.25) is 9.78 Å². The summed E-state index contributed by atoms with van der Waals surface area (Å²) in [5.74, 6) is 0.664. The van der Waals surface area contributed by atoms with Gasteiger partial charge >= 0.3 is 0 Å². The third kappa shape index (κ3) is 4.20. The van der Waals surface area contributed by atoms with Gasteiger partial charge in [0, 0.05) is 30.2 Å². The first-order chi connectivity index (χ1) is 12.1. The number of pyridine rings is 2. The van der Waals surface area contributed by atoms with E-state index in [4.69, 9.17) is 9.26 Å². The van der Waals surface area contributed by atoms with Crippen molar-refractivity contribution in [2.45, 2.75) is 26.4 Å². The maximum absolute atomic E-state index is 12.3. The zero-order valence-electron chi connectivity index (χ0n) is 14.0. The van der Waals surface area contributed by atoms with Crippen molar-refractivity contribution in [2.75, 3.05) is 5.32 Å². The molecule has 0 fully saturated rings. The molecule has 3 heterocycles. The number of hydrogen-bond donors (Lipinski definition) is 1. The summed E-state index contributed by atoms with van der Waals surface area (Å²) < 4.78 is 10.8. The van der Waals surface area contributed by atoms with Crippen molar-refractivity contribution >= 4 is 11.7 Å². The lowest BCUT2D eigenvalue weighted by Crippen LogP contribution is -2.13. The van der Waals surface area contributed by atoms with Crippen molar-refractivity contribution in [3.63, 3.8) is 0 Å². The van der Waals surface area contributed by atoms with Crippen molar-refractivity contribution in [3.8, 4) is 5.75 Å². The molecule has 0 aliphatic carbocycles. The molecular weight excluding hydrogens is 320 g/mol. The van der Waals surface area contributed by atoms with Crippen molar-refractivity contribution in [2.24, 2.45) is 0 Å². The highest BCUT2D eigenvalue weighted by atomic mass is 16.5. The molecule has 128 valence electrons. The highest BCUT2D eigenvalue weighted by Gasteiger charge is 2.17. The van der Waals surface area contributed by atoms with Crippen LogP contribution < -0.4 is 10.1 Å². The Hall–Kier alpha value is -3.22. The molecule has 0 radical (unpaired) electrons. The van der Waals surface area contributed by atoms with E-state index in [0.29, 0.717) is 18.2 Å². The normalized spacial score (nSPS) is 10.7. The minimum Gasteiger partial charge on any atom is -0.485 e. The zero-order chi connectivity index (χ0) is 17.6. The average molecular weight is 338 g/mol. The molecule has 7 heteroatoms. The lowest BCUT2D eigenvalue weighted by molar-refractivity contribution is 0.0986. The topological polar surface area (TPSA) is 90.1 Å². The Morgan fingerprint density at radius 1 is 1.28 bits per heavy atom. The molecule has 25 heavy (non-hydrogen) atoms. The molecule has 7 nitrogen and oxygen atoms in total. The molecule has 3 aromatic heterocycles. The minimum atomic E-state index is -0.427. The molecule has 0 aliphatic heterocycles. The predicted molar refractivity (Wildman–Crippen MR) is 91.4 cm³/mol. The van der Waals surface area contributed by atoms with E-state index in [2.05, 4.69) is 20.4 Å². The van der Waals surface area contributed by atoms with E-state index in [1.807, 2.05) is 26.0 Å². The summed E-state index contributed by atoms with van der Waals surface area (Å²) in [5, 5.41) is 6.57. The van der Waals surface area contributed by atoms with E-state index in [9.17, 15) is 4.79 Å². The number of ether oxygens (including phenoxy) is 1. The fourth-order valence-electron chi connectivity index (χ4n) is 2.08. The van der Waals surface area contributed by atoms with Crippen LogP contribution in [0.3, 0.4) is 0 Å². The zero-order valence-corrected chi connectivity index (χ0v) is 14.0. The second-order valence-corrected chi connectivity index (χ2v) is 5.72. The van der Waals surface area contributed by atoms with Crippen molar-refractivity contribution in [1.29, 1.82) is 0 Å². The number of rotatable bonds is 6. The quantitative estimate of drug-likeness (QED) is 0.740.